The summed E-state index contributed by atoms with van der Waals surface area (Å²) in [5.41, 5.74) is 4.83. The van der Waals surface area contributed by atoms with Crippen molar-refractivity contribution in [1.82, 2.24) is 9.78 Å². The fourth-order valence-electron chi connectivity index (χ4n) is 2.58. The molecule has 1 aromatic heterocycles. The van der Waals surface area contributed by atoms with E-state index in [1.165, 1.54) is 17.7 Å². The Hall–Kier alpha value is -2.44. The highest BCUT2D eigenvalue weighted by Crippen LogP contribution is 2.19. The minimum atomic E-state index is -0.357. The Balaban J connectivity index is 1.63. The number of nitrogens with one attached hydrogen (secondary N) is 2. The predicted molar refractivity (Wildman–Crippen MR) is 108 cm³/mol. The van der Waals surface area contributed by atoms with Gasteiger partial charge in [0, 0.05) is 16.9 Å². The van der Waals surface area contributed by atoms with Gasteiger partial charge in [-0.2, -0.15) is 5.10 Å². The lowest BCUT2D eigenvalue weighted by molar-refractivity contribution is 0.624. The maximum absolute atomic E-state index is 13.1. The number of benzene rings is 2. The van der Waals surface area contributed by atoms with E-state index in [4.69, 9.17) is 23.8 Å². The maximum atomic E-state index is 13.1. The smallest absolute Gasteiger partial charge is 0.175 e. The summed E-state index contributed by atoms with van der Waals surface area (Å²) in [6.07, 6.45) is 3.49. The third-order valence-electron chi connectivity index (χ3n) is 3.87. The maximum Gasteiger partial charge on any atom is 0.175 e. The van der Waals surface area contributed by atoms with Gasteiger partial charge in [-0.05, 0) is 55.4 Å². The molecule has 0 aliphatic rings. The molecule has 4 nitrogen and oxygen atoms in total. The Morgan fingerprint density at radius 2 is 2.00 bits per heavy atom. The predicted octanol–water partition coefficient (Wildman–Crippen LogP) is 5.15. The molecule has 0 atom stereocenters. The van der Waals surface area contributed by atoms with Gasteiger partial charge in [-0.25, -0.2) is 4.39 Å². The normalized spacial score (nSPS) is 10.6. The molecule has 7 heteroatoms. The fourth-order valence-corrected chi connectivity index (χ4v) is 3.03. The van der Waals surface area contributed by atoms with Gasteiger partial charge in [0.1, 0.15) is 5.82 Å². The van der Waals surface area contributed by atoms with Crippen molar-refractivity contribution in [2.75, 3.05) is 10.6 Å². The van der Waals surface area contributed by atoms with Crippen molar-refractivity contribution >= 4 is 40.3 Å². The average Bonchev–Trinajstić information content (AvgIpc) is 3.00. The van der Waals surface area contributed by atoms with E-state index < -0.39 is 0 Å². The molecule has 0 aliphatic carbocycles. The first kappa shape index (κ1) is 18.4. The van der Waals surface area contributed by atoms with Crippen LogP contribution in [0, 0.1) is 19.7 Å². The van der Waals surface area contributed by atoms with Crippen LogP contribution in [0.1, 0.15) is 16.7 Å². The zero-order valence-corrected chi connectivity index (χ0v) is 16.0. The molecule has 0 spiro atoms. The largest absolute Gasteiger partial charge is 0.332 e. The van der Waals surface area contributed by atoms with Gasteiger partial charge in [0.2, 0.25) is 0 Å². The molecule has 0 bridgehead atoms. The monoisotopic (exact) mass is 388 g/mol. The van der Waals surface area contributed by atoms with Gasteiger partial charge in [0.15, 0.2) is 5.11 Å². The second kappa shape index (κ2) is 7.85. The van der Waals surface area contributed by atoms with Crippen molar-refractivity contribution in [3.8, 4) is 0 Å². The number of aryl methyl sites for hydroxylation is 2. The van der Waals surface area contributed by atoms with Crippen molar-refractivity contribution in [2.45, 2.75) is 20.4 Å². The summed E-state index contributed by atoms with van der Waals surface area (Å²) in [4.78, 5) is 0. The summed E-state index contributed by atoms with van der Waals surface area (Å²) in [6.45, 7) is 4.52. The highest BCUT2D eigenvalue weighted by atomic mass is 35.5. The summed E-state index contributed by atoms with van der Waals surface area (Å²) >= 11 is 11.4. The lowest BCUT2D eigenvalue weighted by Gasteiger charge is -2.12. The van der Waals surface area contributed by atoms with Crippen LogP contribution in [0.25, 0.3) is 0 Å². The third kappa shape index (κ3) is 4.59. The van der Waals surface area contributed by atoms with Gasteiger partial charge in [-0.1, -0.05) is 35.4 Å². The SMILES string of the molecule is Cc1ccc(NC(=S)Nc2cnn(Cc3ccc(F)cc3Cl)c2)c(C)c1. The Morgan fingerprint density at radius 3 is 2.73 bits per heavy atom. The summed E-state index contributed by atoms with van der Waals surface area (Å²) in [5.74, 6) is -0.357. The molecule has 0 unspecified atom stereocenters. The number of hydrogen-bond acceptors (Lipinski definition) is 2. The van der Waals surface area contributed by atoms with Gasteiger partial charge >= 0.3 is 0 Å². The van der Waals surface area contributed by atoms with Crippen LogP contribution in [0.3, 0.4) is 0 Å². The van der Waals surface area contributed by atoms with Crippen molar-refractivity contribution in [2.24, 2.45) is 0 Å². The van der Waals surface area contributed by atoms with Crippen LogP contribution >= 0.6 is 23.8 Å². The zero-order chi connectivity index (χ0) is 18.7. The average molecular weight is 389 g/mol. The van der Waals surface area contributed by atoms with E-state index in [1.54, 1.807) is 16.9 Å². The summed E-state index contributed by atoms with van der Waals surface area (Å²) in [6, 6.07) is 10.4. The van der Waals surface area contributed by atoms with Crippen LogP contribution < -0.4 is 10.6 Å². The lowest BCUT2D eigenvalue weighted by Crippen LogP contribution is -2.19. The quantitative estimate of drug-likeness (QED) is 0.606. The summed E-state index contributed by atoms with van der Waals surface area (Å²) in [7, 11) is 0. The van der Waals surface area contributed by atoms with E-state index in [0.29, 0.717) is 16.7 Å². The molecule has 26 heavy (non-hydrogen) atoms. The number of halogens is 2. The molecule has 0 saturated carbocycles. The van der Waals surface area contributed by atoms with E-state index >= 15 is 0 Å². The molecule has 134 valence electrons. The molecule has 2 aromatic carbocycles. The first-order chi connectivity index (χ1) is 12.4. The van der Waals surface area contributed by atoms with Crippen LogP contribution in [0.2, 0.25) is 5.02 Å². The van der Waals surface area contributed by atoms with E-state index in [1.807, 2.05) is 25.3 Å². The Kier molecular flexibility index (Phi) is 5.54. The number of hydrogen-bond donors (Lipinski definition) is 2. The van der Waals surface area contributed by atoms with Crippen LogP contribution in [0.5, 0.6) is 0 Å². The molecule has 0 amide bonds. The molecule has 0 radical (unpaired) electrons. The molecule has 0 aliphatic heterocycles. The van der Waals surface area contributed by atoms with E-state index in [-0.39, 0.29) is 5.82 Å². The first-order valence-electron chi connectivity index (χ1n) is 8.02. The van der Waals surface area contributed by atoms with Crippen LogP contribution in [-0.2, 0) is 6.54 Å². The van der Waals surface area contributed by atoms with Crippen molar-refractivity contribution in [1.29, 1.82) is 0 Å². The first-order valence-corrected chi connectivity index (χ1v) is 8.81. The second-order valence-electron chi connectivity index (χ2n) is 6.06. The van der Waals surface area contributed by atoms with Gasteiger partial charge in [0.05, 0.1) is 18.4 Å². The molecular formula is C19H18ClFN4S. The number of nitrogens with zero attached hydrogens (tertiary/aromatic N) is 2. The van der Waals surface area contributed by atoms with Crippen molar-refractivity contribution in [3.05, 3.63) is 76.3 Å². The van der Waals surface area contributed by atoms with E-state index in [9.17, 15) is 4.39 Å². The van der Waals surface area contributed by atoms with Crippen molar-refractivity contribution in [3.63, 3.8) is 0 Å². The molecule has 0 fully saturated rings. The standard InChI is InChI=1S/C19H18ClFN4S/c1-12-3-6-18(13(2)7-12)24-19(26)23-16-9-22-25(11-16)10-14-4-5-15(21)8-17(14)20/h3-9,11H,10H2,1-2H3,(H2,23,24,26). The third-order valence-corrected chi connectivity index (χ3v) is 4.42. The minimum absolute atomic E-state index is 0.357. The molecule has 0 saturated heterocycles. The van der Waals surface area contributed by atoms with E-state index in [0.717, 1.165) is 22.5 Å². The Bertz CT molecular complexity index is 954. The second-order valence-corrected chi connectivity index (χ2v) is 6.88. The molecule has 1 heterocycles. The minimum Gasteiger partial charge on any atom is -0.332 e. The molecular weight excluding hydrogens is 371 g/mol. The molecule has 3 rings (SSSR count). The number of anilines is 2. The van der Waals surface area contributed by atoms with Gasteiger partial charge in [-0.15, -0.1) is 0 Å². The van der Waals surface area contributed by atoms with E-state index in [2.05, 4.69) is 28.7 Å². The van der Waals surface area contributed by atoms with Crippen LogP contribution in [0.15, 0.2) is 48.8 Å². The molecule has 3 aromatic rings. The fraction of sp³-hybridized carbons (Fsp3) is 0.158. The van der Waals surface area contributed by atoms with Gasteiger partial charge in [-0.3, -0.25) is 4.68 Å². The van der Waals surface area contributed by atoms with Crippen LogP contribution in [0.4, 0.5) is 15.8 Å². The lowest BCUT2D eigenvalue weighted by atomic mass is 10.1. The van der Waals surface area contributed by atoms with Crippen LogP contribution in [-0.4, -0.2) is 14.9 Å². The number of rotatable bonds is 4. The van der Waals surface area contributed by atoms with Crippen molar-refractivity contribution < 1.29 is 4.39 Å². The highest BCUT2D eigenvalue weighted by Gasteiger charge is 2.07. The number of thiocarbonyl (C=S) groups is 1. The number of aromatic nitrogens is 2. The topological polar surface area (TPSA) is 41.9 Å². The molecule has 2 N–H and O–H groups in total. The van der Waals surface area contributed by atoms with Gasteiger partial charge < -0.3 is 10.6 Å². The van der Waals surface area contributed by atoms with Gasteiger partial charge in [0.25, 0.3) is 0 Å². The zero-order valence-electron chi connectivity index (χ0n) is 14.4. The Morgan fingerprint density at radius 1 is 1.19 bits per heavy atom. The summed E-state index contributed by atoms with van der Waals surface area (Å²) < 4.78 is 14.8. The Labute approximate surface area is 162 Å². The summed E-state index contributed by atoms with van der Waals surface area (Å²) in [5, 5.41) is 11.4. The highest BCUT2D eigenvalue weighted by molar-refractivity contribution is 7.80.